The first kappa shape index (κ1) is 17.8. The zero-order chi connectivity index (χ0) is 16.8. The molecule has 2 rings (SSSR count). The molecular formula is C18H28N2O3. The summed E-state index contributed by atoms with van der Waals surface area (Å²) in [5, 5.41) is 22.0. The number of urea groups is 1. The number of likely N-dealkylation sites (tertiary alicyclic amines) is 1. The van der Waals surface area contributed by atoms with E-state index >= 15 is 0 Å². The Hall–Kier alpha value is -1.59. The van der Waals surface area contributed by atoms with Crippen molar-refractivity contribution < 1.29 is 15.0 Å². The number of aliphatic hydroxyl groups is 2. The summed E-state index contributed by atoms with van der Waals surface area (Å²) >= 11 is 0. The summed E-state index contributed by atoms with van der Waals surface area (Å²) in [7, 11) is 0. The zero-order valence-electron chi connectivity index (χ0n) is 14.0. The molecule has 1 aromatic rings. The van der Waals surface area contributed by atoms with E-state index in [9.17, 15) is 15.0 Å². The maximum atomic E-state index is 12.3. The molecule has 23 heavy (non-hydrogen) atoms. The number of hydrogen-bond acceptors (Lipinski definition) is 3. The van der Waals surface area contributed by atoms with Gasteiger partial charge in [-0.3, -0.25) is 0 Å². The molecule has 1 aliphatic heterocycles. The van der Waals surface area contributed by atoms with Crippen molar-refractivity contribution in [3.05, 3.63) is 35.9 Å². The van der Waals surface area contributed by atoms with Gasteiger partial charge in [-0.15, -0.1) is 0 Å². The summed E-state index contributed by atoms with van der Waals surface area (Å²) in [6, 6.07) is 9.80. The van der Waals surface area contributed by atoms with Crippen molar-refractivity contribution >= 4 is 6.03 Å². The number of nitrogens with one attached hydrogen (secondary N) is 1. The monoisotopic (exact) mass is 320 g/mol. The summed E-state index contributed by atoms with van der Waals surface area (Å²) < 4.78 is 0. The van der Waals surface area contributed by atoms with Gasteiger partial charge in [-0.05, 0) is 30.2 Å². The lowest BCUT2D eigenvalue weighted by Crippen LogP contribution is -2.46. The summed E-state index contributed by atoms with van der Waals surface area (Å²) in [5.41, 5.74) is 1.27. The Bertz CT molecular complexity index is 492. The van der Waals surface area contributed by atoms with Crippen molar-refractivity contribution in [3.8, 4) is 0 Å². The highest BCUT2D eigenvalue weighted by molar-refractivity contribution is 5.75. The van der Waals surface area contributed by atoms with Crippen LogP contribution in [0, 0.1) is 11.8 Å². The lowest BCUT2D eigenvalue weighted by molar-refractivity contribution is 0.153. The maximum Gasteiger partial charge on any atom is 0.317 e. The van der Waals surface area contributed by atoms with Crippen LogP contribution < -0.4 is 5.32 Å². The van der Waals surface area contributed by atoms with E-state index in [1.165, 1.54) is 5.56 Å². The normalized spacial score (nSPS) is 22.4. The molecule has 1 aliphatic rings. The van der Waals surface area contributed by atoms with Gasteiger partial charge < -0.3 is 20.4 Å². The van der Waals surface area contributed by atoms with Gasteiger partial charge in [0.25, 0.3) is 0 Å². The van der Waals surface area contributed by atoms with E-state index in [0.29, 0.717) is 31.3 Å². The lowest BCUT2D eigenvalue weighted by atomic mass is 9.89. The molecule has 128 valence electrons. The first-order valence-electron chi connectivity index (χ1n) is 8.38. The van der Waals surface area contributed by atoms with Crippen LogP contribution in [0.3, 0.4) is 0 Å². The quantitative estimate of drug-likeness (QED) is 0.746. The first-order valence-corrected chi connectivity index (χ1v) is 8.38. The SMILES string of the molecule is CC(C)[C@H](CNC(=O)N1C[C@@H](O)C[C@H]1CO)Cc1ccccc1. The molecule has 0 aromatic heterocycles. The van der Waals surface area contributed by atoms with Crippen LogP contribution in [0.2, 0.25) is 0 Å². The van der Waals surface area contributed by atoms with Crippen LogP contribution in [0.4, 0.5) is 4.79 Å². The van der Waals surface area contributed by atoms with Crippen LogP contribution in [0.15, 0.2) is 30.3 Å². The van der Waals surface area contributed by atoms with E-state index in [1.54, 1.807) is 4.90 Å². The van der Waals surface area contributed by atoms with Crippen molar-refractivity contribution in [2.24, 2.45) is 11.8 Å². The van der Waals surface area contributed by atoms with Crippen molar-refractivity contribution in [2.45, 2.75) is 38.8 Å². The molecule has 2 amide bonds. The van der Waals surface area contributed by atoms with Crippen LogP contribution in [-0.2, 0) is 6.42 Å². The van der Waals surface area contributed by atoms with Gasteiger partial charge in [0, 0.05) is 13.1 Å². The number of hydrogen-bond donors (Lipinski definition) is 3. The Labute approximate surface area is 138 Å². The van der Waals surface area contributed by atoms with Gasteiger partial charge >= 0.3 is 6.03 Å². The minimum absolute atomic E-state index is 0.109. The number of amides is 2. The summed E-state index contributed by atoms with van der Waals surface area (Å²) in [6.45, 7) is 5.10. The lowest BCUT2D eigenvalue weighted by Gasteiger charge is -2.26. The highest BCUT2D eigenvalue weighted by atomic mass is 16.3. The molecule has 0 spiro atoms. The Morgan fingerprint density at radius 3 is 2.65 bits per heavy atom. The van der Waals surface area contributed by atoms with Crippen molar-refractivity contribution in [1.29, 1.82) is 0 Å². The fourth-order valence-electron chi connectivity index (χ4n) is 3.09. The highest BCUT2D eigenvalue weighted by Crippen LogP contribution is 2.19. The van der Waals surface area contributed by atoms with Crippen LogP contribution >= 0.6 is 0 Å². The molecule has 1 saturated heterocycles. The number of β-amino-alcohol motifs (C(OH)–C–C–N with tert-alkyl or cyclic N) is 1. The third-order valence-electron chi connectivity index (χ3n) is 4.66. The largest absolute Gasteiger partial charge is 0.394 e. The molecule has 3 atom stereocenters. The van der Waals surface area contributed by atoms with Crippen LogP contribution in [0.25, 0.3) is 0 Å². The Kier molecular flexibility index (Phi) is 6.42. The summed E-state index contributed by atoms with van der Waals surface area (Å²) in [5.74, 6) is 0.801. The van der Waals surface area contributed by atoms with Crippen molar-refractivity contribution in [3.63, 3.8) is 0 Å². The van der Waals surface area contributed by atoms with Gasteiger partial charge in [0.15, 0.2) is 0 Å². The molecule has 0 saturated carbocycles. The van der Waals surface area contributed by atoms with Gasteiger partial charge in [0.05, 0.1) is 18.8 Å². The van der Waals surface area contributed by atoms with Gasteiger partial charge in [-0.2, -0.15) is 0 Å². The third kappa shape index (κ3) is 4.94. The van der Waals surface area contributed by atoms with E-state index < -0.39 is 6.10 Å². The van der Waals surface area contributed by atoms with Crippen LogP contribution in [0.5, 0.6) is 0 Å². The molecule has 0 radical (unpaired) electrons. The van der Waals surface area contributed by atoms with Gasteiger partial charge in [-0.1, -0.05) is 44.2 Å². The maximum absolute atomic E-state index is 12.3. The van der Waals surface area contributed by atoms with E-state index in [0.717, 1.165) is 6.42 Å². The zero-order valence-corrected chi connectivity index (χ0v) is 14.0. The Morgan fingerprint density at radius 2 is 2.04 bits per heavy atom. The average molecular weight is 320 g/mol. The smallest absolute Gasteiger partial charge is 0.317 e. The molecule has 5 heteroatoms. The number of aliphatic hydroxyl groups excluding tert-OH is 2. The summed E-state index contributed by atoms with van der Waals surface area (Å²) in [6.07, 6.45) is 0.829. The van der Waals surface area contributed by atoms with Crippen molar-refractivity contribution in [1.82, 2.24) is 10.2 Å². The number of nitrogens with zero attached hydrogens (tertiary/aromatic N) is 1. The number of rotatable bonds is 6. The molecule has 0 bridgehead atoms. The number of carbonyl (C=O) groups excluding carboxylic acids is 1. The molecule has 5 nitrogen and oxygen atoms in total. The second-order valence-corrected chi connectivity index (χ2v) is 6.76. The molecular weight excluding hydrogens is 292 g/mol. The van der Waals surface area contributed by atoms with Crippen LogP contribution in [-0.4, -0.2) is 53.0 Å². The van der Waals surface area contributed by atoms with Gasteiger partial charge in [0.2, 0.25) is 0 Å². The van der Waals surface area contributed by atoms with Crippen LogP contribution in [0.1, 0.15) is 25.8 Å². The van der Waals surface area contributed by atoms with E-state index in [4.69, 9.17) is 0 Å². The minimum Gasteiger partial charge on any atom is -0.394 e. The average Bonchev–Trinajstić information content (AvgIpc) is 2.93. The third-order valence-corrected chi connectivity index (χ3v) is 4.66. The molecule has 1 fully saturated rings. The minimum atomic E-state index is -0.539. The van der Waals surface area contributed by atoms with Gasteiger partial charge in [0.1, 0.15) is 0 Å². The molecule has 0 aliphatic carbocycles. The number of carbonyl (C=O) groups is 1. The fraction of sp³-hybridized carbons (Fsp3) is 0.611. The predicted molar refractivity (Wildman–Crippen MR) is 90.1 cm³/mol. The molecule has 1 aromatic carbocycles. The molecule has 0 unspecified atom stereocenters. The topological polar surface area (TPSA) is 72.8 Å². The standard InChI is InChI=1S/C18H28N2O3/c1-13(2)15(8-14-6-4-3-5-7-14)10-19-18(23)20-11-17(22)9-16(20)12-21/h3-7,13,15-17,21-22H,8-12H2,1-2H3,(H,19,23)/t15-,16-,17-/m0/s1. The molecule has 1 heterocycles. The molecule has 3 N–H and O–H groups in total. The highest BCUT2D eigenvalue weighted by Gasteiger charge is 2.33. The number of benzene rings is 1. The second-order valence-electron chi connectivity index (χ2n) is 6.76. The Morgan fingerprint density at radius 1 is 1.35 bits per heavy atom. The fourth-order valence-corrected chi connectivity index (χ4v) is 3.09. The second kappa shape index (κ2) is 8.31. The Balaban J connectivity index is 1.89. The predicted octanol–water partition coefficient (Wildman–Crippen LogP) is 1.64. The van der Waals surface area contributed by atoms with Gasteiger partial charge in [-0.25, -0.2) is 4.79 Å². The van der Waals surface area contributed by atoms with Crippen molar-refractivity contribution in [2.75, 3.05) is 19.7 Å². The van der Waals surface area contributed by atoms with E-state index in [1.807, 2.05) is 18.2 Å². The van der Waals surface area contributed by atoms with E-state index in [2.05, 4.69) is 31.3 Å². The first-order chi connectivity index (χ1) is 11.0. The summed E-state index contributed by atoms with van der Waals surface area (Å²) in [4.78, 5) is 13.9. The van der Waals surface area contributed by atoms with E-state index in [-0.39, 0.29) is 18.7 Å².